The highest BCUT2D eigenvalue weighted by molar-refractivity contribution is 5.75. The first-order valence-corrected chi connectivity index (χ1v) is 3.92. The Hall–Kier alpha value is -0.410. The number of rotatable bonds is 7. The molecule has 0 amide bonds. The van der Waals surface area contributed by atoms with E-state index in [1.807, 2.05) is 0 Å². The smallest absolute Gasteiger partial charge is 0.129 e. The van der Waals surface area contributed by atoms with Crippen molar-refractivity contribution in [2.45, 2.75) is 32.6 Å². The Morgan fingerprint density at radius 2 is 2.00 bits per heavy atom. The maximum Gasteiger partial charge on any atom is 0.129 e. The van der Waals surface area contributed by atoms with E-state index in [4.69, 9.17) is 0 Å². The third-order valence-corrected chi connectivity index (χ3v) is 1.37. The molecule has 0 heterocycles. The molecule has 11 heavy (non-hydrogen) atoms. The quantitative estimate of drug-likeness (QED) is 0.323. The largest absolute Gasteiger partial charge is 0.300 e. The standard InChI is InChI=1S/C8H16O3/c1-8(9)6-4-3-5-7-11-10-2/h3-7H2,1-2H3. The summed E-state index contributed by atoms with van der Waals surface area (Å²) in [7, 11) is 1.50. The fraction of sp³-hybridized carbons (Fsp3) is 0.875. The molecule has 0 aliphatic heterocycles. The molecule has 66 valence electrons. The molecule has 0 aliphatic carbocycles. The van der Waals surface area contributed by atoms with Crippen LogP contribution in [0, 0.1) is 0 Å². The maximum atomic E-state index is 10.5. The van der Waals surface area contributed by atoms with Crippen LogP contribution in [-0.4, -0.2) is 19.5 Å². The number of hydrogen-bond donors (Lipinski definition) is 0. The van der Waals surface area contributed by atoms with Crippen molar-refractivity contribution in [1.29, 1.82) is 0 Å². The Morgan fingerprint density at radius 3 is 2.55 bits per heavy atom. The van der Waals surface area contributed by atoms with Crippen LogP contribution in [0.1, 0.15) is 32.6 Å². The molecule has 0 atom stereocenters. The van der Waals surface area contributed by atoms with E-state index < -0.39 is 0 Å². The zero-order valence-electron chi connectivity index (χ0n) is 7.26. The second-order valence-corrected chi connectivity index (χ2v) is 2.50. The molecule has 0 bridgehead atoms. The highest BCUT2D eigenvalue weighted by Gasteiger charge is 1.93. The van der Waals surface area contributed by atoms with E-state index >= 15 is 0 Å². The minimum atomic E-state index is 0.262. The highest BCUT2D eigenvalue weighted by atomic mass is 17.2. The van der Waals surface area contributed by atoms with Crippen molar-refractivity contribution in [3.63, 3.8) is 0 Å². The lowest BCUT2D eigenvalue weighted by Crippen LogP contribution is -1.94. The first-order chi connectivity index (χ1) is 5.27. The van der Waals surface area contributed by atoms with Gasteiger partial charge in [-0.3, -0.25) is 0 Å². The molecular formula is C8H16O3. The summed E-state index contributed by atoms with van der Waals surface area (Å²) in [4.78, 5) is 19.5. The number of Topliss-reactive ketones (excluding diaryl/α,β-unsaturated/α-hetero) is 1. The molecule has 3 nitrogen and oxygen atoms in total. The minimum absolute atomic E-state index is 0.262. The van der Waals surface area contributed by atoms with Gasteiger partial charge in [0.15, 0.2) is 0 Å². The molecule has 0 N–H and O–H groups in total. The van der Waals surface area contributed by atoms with Gasteiger partial charge in [-0.25, -0.2) is 9.78 Å². The summed E-state index contributed by atoms with van der Waals surface area (Å²) in [5, 5.41) is 0. The first-order valence-electron chi connectivity index (χ1n) is 3.92. The van der Waals surface area contributed by atoms with Gasteiger partial charge in [0.1, 0.15) is 5.78 Å². The van der Waals surface area contributed by atoms with Crippen molar-refractivity contribution in [2.24, 2.45) is 0 Å². The van der Waals surface area contributed by atoms with Gasteiger partial charge in [-0.2, -0.15) is 0 Å². The van der Waals surface area contributed by atoms with E-state index in [0.717, 1.165) is 19.3 Å². The van der Waals surface area contributed by atoms with Gasteiger partial charge in [0.2, 0.25) is 0 Å². The Bertz CT molecular complexity index is 102. The van der Waals surface area contributed by atoms with Gasteiger partial charge in [-0.15, -0.1) is 0 Å². The summed E-state index contributed by atoms with van der Waals surface area (Å²) in [6.07, 6.45) is 3.64. The topological polar surface area (TPSA) is 35.5 Å². The van der Waals surface area contributed by atoms with Gasteiger partial charge in [0.25, 0.3) is 0 Å². The second kappa shape index (κ2) is 7.69. The lowest BCUT2D eigenvalue weighted by atomic mass is 10.1. The lowest BCUT2D eigenvalue weighted by molar-refractivity contribution is -0.272. The molecular weight excluding hydrogens is 144 g/mol. The first kappa shape index (κ1) is 10.6. The number of ketones is 1. The number of carbonyl (C=O) groups excluding carboxylic acids is 1. The molecule has 0 saturated carbocycles. The maximum absolute atomic E-state index is 10.5. The normalized spacial score (nSPS) is 10.0. The van der Waals surface area contributed by atoms with Gasteiger partial charge in [-0.1, -0.05) is 6.42 Å². The molecule has 0 saturated heterocycles. The molecule has 0 rings (SSSR count). The van der Waals surface area contributed by atoms with E-state index in [1.54, 1.807) is 6.92 Å². The molecule has 0 fully saturated rings. The van der Waals surface area contributed by atoms with Gasteiger partial charge in [0, 0.05) is 6.42 Å². The van der Waals surface area contributed by atoms with E-state index in [-0.39, 0.29) is 5.78 Å². The van der Waals surface area contributed by atoms with E-state index in [1.165, 1.54) is 7.11 Å². The monoisotopic (exact) mass is 160 g/mol. The van der Waals surface area contributed by atoms with Crippen molar-refractivity contribution >= 4 is 5.78 Å². The van der Waals surface area contributed by atoms with Gasteiger partial charge < -0.3 is 4.79 Å². The van der Waals surface area contributed by atoms with Crippen LogP contribution < -0.4 is 0 Å². The van der Waals surface area contributed by atoms with Crippen molar-refractivity contribution in [3.05, 3.63) is 0 Å². The summed E-state index contributed by atoms with van der Waals surface area (Å²) < 4.78 is 0. The van der Waals surface area contributed by atoms with Crippen molar-refractivity contribution in [2.75, 3.05) is 13.7 Å². The summed E-state index contributed by atoms with van der Waals surface area (Å²) in [6, 6.07) is 0. The summed E-state index contributed by atoms with van der Waals surface area (Å²) in [5.74, 6) is 0.262. The zero-order chi connectivity index (χ0) is 8.53. The Morgan fingerprint density at radius 1 is 1.27 bits per heavy atom. The summed E-state index contributed by atoms with van der Waals surface area (Å²) in [6.45, 7) is 2.24. The molecule has 0 aromatic carbocycles. The summed E-state index contributed by atoms with van der Waals surface area (Å²) in [5.41, 5.74) is 0. The van der Waals surface area contributed by atoms with Crippen LogP contribution in [0.5, 0.6) is 0 Å². The SMILES string of the molecule is COOCCCCCC(C)=O. The average molecular weight is 160 g/mol. The molecule has 0 aliphatic rings. The van der Waals surface area contributed by atoms with Crippen LogP contribution in [0.25, 0.3) is 0 Å². The van der Waals surface area contributed by atoms with Crippen LogP contribution in [0.15, 0.2) is 0 Å². The summed E-state index contributed by atoms with van der Waals surface area (Å²) >= 11 is 0. The van der Waals surface area contributed by atoms with Gasteiger partial charge >= 0.3 is 0 Å². The molecule has 0 aromatic heterocycles. The molecule has 0 radical (unpaired) electrons. The molecule has 0 aromatic rings. The van der Waals surface area contributed by atoms with E-state index in [2.05, 4.69) is 9.78 Å². The minimum Gasteiger partial charge on any atom is -0.300 e. The van der Waals surface area contributed by atoms with Gasteiger partial charge in [-0.05, 0) is 19.8 Å². The van der Waals surface area contributed by atoms with Crippen LogP contribution in [0.3, 0.4) is 0 Å². The fourth-order valence-electron chi connectivity index (χ4n) is 0.795. The Balaban J connectivity index is 2.85. The predicted octanol–water partition coefficient (Wildman–Crippen LogP) is 1.71. The van der Waals surface area contributed by atoms with E-state index in [9.17, 15) is 4.79 Å². The Kier molecular flexibility index (Phi) is 7.41. The van der Waals surface area contributed by atoms with Crippen LogP contribution in [0.4, 0.5) is 0 Å². The van der Waals surface area contributed by atoms with Crippen molar-refractivity contribution < 1.29 is 14.6 Å². The number of carbonyl (C=O) groups is 1. The third-order valence-electron chi connectivity index (χ3n) is 1.37. The van der Waals surface area contributed by atoms with Crippen molar-refractivity contribution in [1.82, 2.24) is 0 Å². The van der Waals surface area contributed by atoms with Crippen LogP contribution >= 0.6 is 0 Å². The van der Waals surface area contributed by atoms with Crippen LogP contribution in [-0.2, 0) is 14.6 Å². The fourth-order valence-corrected chi connectivity index (χ4v) is 0.795. The number of unbranched alkanes of at least 4 members (excludes halogenated alkanes) is 2. The molecule has 3 heteroatoms. The second-order valence-electron chi connectivity index (χ2n) is 2.50. The average Bonchev–Trinajstić information content (AvgIpc) is 1.96. The third kappa shape index (κ3) is 9.59. The zero-order valence-corrected chi connectivity index (χ0v) is 7.26. The van der Waals surface area contributed by atoms with Crippen molar-refractivity contribution in [3.8, 4) is 0 Å². The van der Waals surface area contributed by atoms with Gasteiger partial charge in [0.05, 0.1) is 13.7 Å². The molecule has 0 unspecified atom stereocenters. The highest BCUT2D eigenvalue weighted by Crippen LogP contribution is 2.00. The van der Waals surface area contributed by atoms with E-state index in [0.29, 0.717) is 13.0 Å². The molecule has 0 spiro atoms. The Labute approximate surface area is 67.6 Å². The lowest BCUT2D eigenvalue weighted by Gasteiger charge is -1.98. The van der Waals surface area contributed by atoms with Crippen LogP contribution in [0.2, 0.25) is 0 Å². The predicted molar refractivity (Wildman–Crippen MR) is 42.1 cm³/mol. The number of hydrogen-bond acceptors (Lipinski definition) is 3.